The fourth-order valence-corrected chi connectivity index (χ4v) is 2.20. The lowest BCUT2D eigenvalue weighted by Gasteiger charge is -2.19. The van der Waals surface area contributed by atoms with Crippen LogP contribution in [0.3, 0.4) is 0 Å². The second-order valence-electron chi connectivity index (χ2n) is 4.74. The zero-order valence-corrected chi connectivity index (χ0v) is 11.2. The molecule has 0 radical (unpaired) electrons. The van der Waals surface area contributed by atoms with Crippen LogP contribution in [0.4, 0.5) is 5.69 Å². The molecular formula is C14H20N2O2. The molecule has 0 aliphatic carbocycles. The fraction of sp³-hybridized carbons (Fsp3) is 0.500. The number of ether oxygens (including phenoxy) is 1. The minimum absolute atomic E-state index is 0.104. The summed E-state index contributed by atoms with van der Waals surface area (Å²) in [7, 11) is 3.75. The van der Waals surface area contributed by atoms with Crippen LogP contribution < -0.4 is 15.0 Å². The summed E-state index contributed by atoms with van der Waals surface area (Å²) in [6.07, 6.45) is 0.437. The van der Waals surface area contributed by atoms with Gasteiger partial charge in [0, 0.05) is 13.6 Å². The zero-order valence-electron chi connectivity index (χ0n) is 11.2. The standard InChI is InChI=1S/C14H20N2O2/c1-10(9-15-2)11-4-5-13-12(8-11)16(3)14(17)6-7-18-13/h4-5,8,10,15H,6-7,9H2,1-3H3. The number of likely N-dealkylation sites (N-methyl/N-ethyl adjacent to an activating group) is 1. The molecule has 1 aromatic rings. The lowest BCUT2D eigenvalue weighted by Crippen LogP contribution is -2.25. The number of amides is 1. The SMILES string of the molecule is CNCC(C)c1ccc2c(c1)N(C)C(=O)CCO2. The van der Waals surface area contributed by atoms with Gasteiger partial charge in [0.05, 0.1) is 18.7 Å². The molecule has 4 nitrogen and oxygen atoms in total. The van der Waals surface area contributed by atoms with E-state index in [4.69, 9.17) is 4.74 Å². The predicted molar refractivity (Wildman–Crippen MR) is 72.3 cm³/mol. The van der Waals surface area contributed by atoms with Crippen molar-refractivity contribution in [3.05, 3.63) is 23.8 Å². The molecule has 1 aromatic carbocycles. The average molecular weight is 248 g/mol. The Balaban J connectivity index is 2.34. The number of anilines is 1. The number of carbonyl (C=O) groups excluding carboxylic acids is 1. The molecule has 4 heteroatoms. The van der Waals surface area contributed by atoms with Crippen molar-refractivity contribution >= 4 is 11.6 Å². The number of rotatable bonds is 3. The van der Waals surface area contributed by atoms with E-state index in [0.717, 1.165) is 18.0 Å². The minimum atomic E-state index is 0.104. The van der Waals surface area contributed by atoms with Crippen LogP contribution in [0.25, 0.3) is 0 Å². The van der Waals surface area contributed by atoms with Crippen molar-refractivity contribution in [1.29, 1.82) is 0 Å². The van der Waals surface area contributed by atoms with Gasteiger partial charge in [-0.05, 0) is 30.7 Å². The summed E-state index contributed by atoms with van der Waals surface area (Å²) in [4.78, 5) is 13.5. The van der Waals surface area contributed by atoms with Crippen molar-refractivity contribution in [1.82, 2.24) is 5.32 Å². The van der Waals surface area contributed by atoms with Gasteiger partial charge in [-0.15, -0.1) is 0 Å². The van der Waals surface area contributed by atoms with Crippen molar-refractivity contribution in [2.45, 2.75) is 19.3 Å². The molecule has 1 aliphatic rings. The lowest BCUT2D eigenvalue weighted by molar-refractivity contribution is -0.118. The van der Waals surface area contributed by atoms with Crippen LogP contribution in [0.5, 0.6) is 5.75 Å². The topological polar surface area (TPSA) is 41.6 Å². The summed E-state index contributed by atoms with van der Waals surface area (Å²) in [6, 6.07) is 6.09. The van der Waals surface area contributed by atoms with E-state index in [-0.39, 0.29) is 5.91 Å². The van der Waals surface area contributed by atoms with Crippen LogP contribution in [-0.4, -0.2) is 33.2 Å². The van der Waals surface area contributed by atoms with Gasteiger partial charge in [0.15, 0.2) is 0 Å². The van der Waals surface area contributed by atoms with Gasteiger partial charge >= 0.3 is 0 Å². The third kappa shape index (κ3) is 2.48. The van der Waals surface area contributed by atoms with E-state index in [1.807, 2.05) is 20.2 Å². The summed E-state index contributed by atoms with van der Waals surface area (Å²) in [6.45, 7) is 3.54. The molecule has 1 aliphatic heterocycles. The van der Waals surface area contributed by atoms with Gasteiger partial charge in [-0.2, -0.15) is 0 Å². The van der Waals surface area contributed by atoms with Crippen molar-refractivity contribution in [3.63, 3.8) is 0 Å². The molecule has 1 N–H and O–H groups in total. The maximum atomic E-state index is 11.8. The Morgan fingerprint density at radius 2 is 2.28 bits per heavy atom. The molecule has 18 heavy (non-hydrogen) atoms. The van der Waals surface area contributed by atoms with Crippen molar-refractivity contribution in [2.24, 2.45) is 0 Å². The van der Waals surface area contributed by atoms with E-state index in [2.05, 4.69) is 24.4 Å². The van der Waals surface area contributed by atoms with Crippen LogP contribution in [0.2, 0.25) is 0 Å². The number of carbonyl (C=O) groups is 1. The Kier molecular flexibility index (Phi) is 3.87. The molecule has 0 fully saturated rings. The third-order valence-electron chi connectivity index (χ3n) is 3.37. The van der Waals surface area contributed by atoms with Crippen LogP contribution in [0, 0.1) is 0 Å². The smallest absolute Gasteiger partial charge is 0.230 e. The molecule has 98 valence electrons. The Hall–Kier alpha value is -1.55. The van der Waals surface area contributed by atoms with Gasteiger partial charge in [0.25, 0.3) is 0 Å². The van der Waals surface area contributed by atoms with Crippen molar-refractivity contribution < 1.29 is 9.53 Å². The summed E-state index contributed by atoms with van der Waals surface area (Å²) in [5.74, 6) is 1.31. The van der Waals surface area contributed by atoms with Gasteiger partial charge in [0.1, 0.15) is 5.75 Å². The van der Waals surface area contributed by atoms with Crippen LogP contribution in [0.15, 0.2) is 18.2 Å². The summed E-state index contributed by atoms with van der Waals surface area (Å²) in [5.41, 5.74) is 2.09. The number of hydrogen-bond donors (Lipinski definition) is 1. The number of nitrogens with zero attached hydrogens (tertiary/aromatic N) is 1. The molecule has 1 amide bonds. The van der Waals surface area contributed by atoms with E-state index in [1.165, 1.54) is 5.56 Å². The Morgan fingerprint density at radius 1 is 1.50 bits per heavy atom. The highest BCUT2D eigenvalue weighted by molar-refractivity contribution is 5.95. The van der Waals surface area contributed by atoms with Gasteiger partial charge < -0.3 is 15.0 Å². The molecule has 1 unspecified atom stereocenters. The molecule has 1 atom stereocenters. The Labute approximate surface area is 108 Å². The normalized spacial score (nSPS) is 16.8. The molecule has 0 saturated heterocycles. The largest absolute Gasteiger partial charge is 0.491 e. The number of hydrogen-bond acceptors (Lipinski definition) is 3. The van der Waals surface area contributed by atoms with Gasteiger partial charge in [-0.25, -0.2) is 0 Å². The number of benzene rings is 1. The maximum absolute atomic E-state index is 11.8. The fourth-order valence-electron chi connectivity index (χ4n) is 2.20. The molecule has 0 aromatic heterocycles. The van der Waals surface area contributed by atoms with Crippen LogP contribution in [0.1, 0.15) is 24.8 Å². The van der Waals surface area contributed by atoms with Crippen LogP contribution >= 0.6 is 0 Å². The third-order valence-corrected chi connectivity index (χ3v) is 3.37. The van der Waals surface area contributed by atoms with Gasteiger partial charge in [-0.3, -0.25) is 4.79 Å². The van der Waals surface area contributed by atoms with E-state index in [9.17, 15) is 4.79 Å². The molecule has 0 saturated carbocycles. The van der Waals surface area contributed by atoms with E-state index in [0.29, 0.717) is 18.9 Å². The Morgan fingerprint density at radius 3 is 3.00 bits per heavy atom. The lowest BCUT2D eigenvalue weighted by atomic mass is 10.00. The first-order valence-electron chi connectivity index (χ1n) is 6.31. The zero-order chi connectivity index (χ0) is 13.1. The maximum Gasteiger partial charge on any atom is 0.230 e. The molecule has 0 spiro atoms. The minimum Gasteiger partial charge on any atom is -0.491 e. The molecular weight excluding hydrogens is 228 g/mol. The average Bonchev–Trinajstić information content (AvgIpc) is 2.50. The quantitative estimate of drug-likeness (QED) is 0.886. The van der Waals surface area contributed by atoms with E-state index >= 15 is 0 Å². The monoisotopic (exact) mass is 248 g/mol. The first-order valence-corrected chi connectivity index (χ1v) is 6.31. The second kappa shape index (κ2) is 5.40. The highest BCUT2D eigenvalue weighted by Gasteiger charge is 2.20. The highest BCUT2D eigenvalue weighted by atomic mass is 16.5. The van der Waals surface area contributed by atoms with E-state index in [1.54, 1.807) is 4.90 Å². The Bertz CT molecular complexity index is 445. The van der Waals surface area contributed by atoms with Crippen molar-refractivity contribution in [3.8, 4) is 5.75 Å². The summed E-state index contributed by atoms with van der Waals surface area (Å²) >= 11 is 0. The molecule has 0 bridgehead atoms. The second-order valence-corrected chi connectivity index (χ2v) is 4.74. The van der Waals surface area contributed by atoms with Crippen molar-refractivity contribution in [2.75, 3.05) is 32.1 Å². The first kappa shape index (κ1) is 12.9. The van der Waals surface area contributed by atoms with Gasteiger partial charge in [0.2, 0.25) is 5.91 Å². The predicted octanol–water partition coefficient (Wildman–Crippen LogP) is 1.75. The summed E-state index contributed by atoms with van der Waals surface area (Å²) < 4.78 is 5.61. The summed E-state index contributed by atoms with van der Waals surface area (Å²) in [5, 5.41) is 3.17. The first-order chi connectivity index (χ1) is 8.63. The van der Waals surface area contributed by atoms with E-state index < -0.39 is 0 Å². The van der Waals surface area contributed by atoms with Crippen LogP contribution in [-0.2, 0) is 4.79 Å². The number of nitrogens with one attached hydrogen (secondary N) is 1. The molecule has 1 heterocycles. The highest BCUT2D eigenvalue weighted by Crippen LogP contribution is 2.33. The molecule has 2 rings (SSSR count). The van der Waals surface area contributed by atoms with Gasteiger partial charge in [-0.1, -0.05) is 13.0 Å². The number of fused-ring (bicyclic) bond motifs is 1.